The summed E-state index contributed by atoms with van der Waals surface area (Å²) in [5.74, 6) is 4.40. The van der Waals surface area contributed by atoms with Crippen LogP contribution in [0.3, 0.4) is 0 Å². The lowest BCUT2D eigenvalue weighted by Crippen LogP contribution is -2.30. The van der Waals surface area contributed by atoms with Gasteiger partial charge < -0.3 is 14.6 Å². The Labute approximate surface area is 122 Å². The standard InChI is InChI=1S/C14H17N3O2S/c1-18-11-4-2-10(3-5-11)8-13-16-14(19-17-13)12-9-20-7-6-15-12/h2-5,12,15H,6-9H2,1H3. The lowest BCUT2D eigenvalue weighted by atomic mass is 10.1. The van der Waals surface area contributed by atoms with Gasteiger partial charge in [0, 0.05) is 24.5 Å². The molecule has 1 aliphatic heterocycles. The number of benzene rings is 1. The largest absolute Gasteiger partial charge is 0.497 e. The molecule has 1 aromatic carbocycles. The van der Waals surface area contributed by atoms with E-state index in [0.717, 1.165) is 35.2 Å². The minimum atomic E-state index is 0.186. The second-order valence-corrected chi connectivity index (χ2v) is 5.81. The predicted molar refractivity (Wildman–Crippen MR) is 78.2 cm³/mol. The zero-order valence-corrected chi connectivity index (χ0v) is 12.2. The number of methoxy groups -OCH3 is 1. The van der Waals surface area contributed by atoms with Crippen LogP contribution in [0.15, 0.2) is 28.8 Å². The maximum absolute atomic E-state index is 5.36. The summed E-state index contributed by atoms with van der Waals surface area (Å²) >= 11 is 1.91. The SMILES string of the molecule is COc1ccc(Cc2noc(C3CSCCN3)n2)cc1. The van der Waals surface area contributed by atoms with Gasteiger partial charge in [-0.15, -0.1) is 0 Å². The van der Waals surface area contributed by atoms with E-state index in [0.29, 0.717) is 12.3 Å². The second kappa shape index (κ2) is 6.28. The number of nitrogens with zero attached hydrogens (tertiary/aromatic N) is 2. The van der Waals surface area contributed by atoms with Gasteiger partial charge in [0.1, 0.15) is 5.75 Å². The highest BCUT2D eigenvalue weighted by molar-refractivity contribution is 7.99. The van der Waals surface area contributed by atoms with Crippen molar-refractivity contribution in [2.24, 2.45) is 0 Å². The van der Waals surface area contributed by atoms with Crippen molar-refractivity contribution in [1.29, 1.82) is 0 Å². The third-order valence-electron chi connectivity index (χ3n) is 3.22. The van der Waals surface area contributed by atoms with Crippen LogP contribution >= 0.6 is 11.8 Å². The van der Waals surface area contributed by atoms with Crippen LogP contribution in [0, 0.1) is 0 Å². The van der Waals surface area contributed by atoms with Crippen molar-refractivity contribution in [3.63, 3.8) is 0 Å². The maximum Gasteiger partial charge on any atom is 0.244 e. The van der Waals surface area contributed by atoms with Crippen LogP contribution in [0.5, 0.6) is 5.75 Å². The van der Waals surface area contributed by atoms with E-state index in [4.69, 9.17) is 9.26 Å². The van der Waals surface area contributed by atoms with Crippen LogP contribution < -0.4 is 10.1 Å². The first kappa shape index (κ1) is 13.5. The minimum absolute atomic E-state index is 0.186. The van der Waals surface area contributed by atoms with E-state index in [2.05, 4.69) is 15.5 Å². The van der Waals surface area contributed by atoms with Crippen LogP contribution in [0.25, 0.3) is 0 Å². The van der Waals surface area contributed by atoms with Crippen LogP contribution in [0.2, 0.25) is 0 Å². The van der Waals surface area contributed by atoms with Crippen molar-refractivity contribution in [2.75, 3.05) is 25.2 Å². The number of thioether (sulfide) groups is 1. The molecule has 0 bridgehead atoms. The average molecular weight is 291 g/mol. The molecule has 1 saturated heterocycles. The summed E-state index contributed by atoms with van der Waals surface area (Å²) in [6.07, 6.45) is 0.674. The molecule has 1 unspecified atom stereocenters. The lowest BCUT2D eigenvalue weighted by Gasteiger charge is -2.19. The highest BCUT2D eigenvalue weighted by Gasteiger charge is 2.21. The molecule has 1 aliphatic rings. The van der Waals surface area contributed by atoms with E-state index in [1.807, 2.05) is 36.0 Å². The fourth-order valence-electron chi connectivity index (χ4n) is 2.13. The molecule has 0 aliphatic carbocycles. The monoisotopic (exact) mass is 291 g/mol. The van der Waals surface area contributed by atoms with Crippen molar-refractivity contribution in [3.05, 3.63) is 41.5 Å². The Balaban J connectivity index is 1.66. The zero-order valence-electron chi connectivity index (χ0n) is 11.3. The van der Waals surface area contributed by atoms with Gasteiger partial charge in [-0.1, -0.05) is 17.3 Å². The molecule has 0 amide bonds. The zero-order chi connectivity index (χ0) is 13.8. The lowest BCUT2D eigenvalue weighted by molar-refractivity contribution is 0.339. The van der Waals surface area contributed by atoms with Crippen molar-refractivity contribution >= 4 is 11.8 Å². The van der Waals surface area contributed by atoms with Crippen molar-refractivity contribution < 1.29 is 9.26 Å². The molecule has 0 spiro atoms. The highest BCUT2D eigenvalue weighted by atomic mass is 32.2. The molecular weight excluding hydrogens is 274 g/mol. The number of rotatable bonds is 4. The Bertz CT molecular complexity index is 550. The Morgan fingerprint density at radius 1 is 1.40 bits per heavy atom. The number of aromatic nitrogens is 2. The molecule has 3 rings (SSSR count). The fraction of sp³-hybridized carbons (Fsp3) is 0.429. The summed E-state index contributed by atoms with van der Waals surface area (Å²) < 4.78 is 10.5. The molecule has 106 valence electrons. The Hall–Kier alpha value is -1.53. The van der Waals surface area contributed by atoms with Crippen LogP contribution in [-0.2, 0) is 6.42 Å². The van der Waals surface area contributed by atoms with Crippen molar-refractivity contribution in [1.82, 2.24) is 15.5 Å². The first-order valence-corrected chi connectivity index (χ1v) is 7.77. The molecule has 0 radical (unpaired) electrons. The van der Waals surface area contributed by atoms with Crippen molar-refractivity contribution in [3.8, 4) is 5.75 Å². The van der Waals surface area contributed by atoms with Gasteiger partial charge in [0.05, 0.1) is 13.2 Å². The van der Waals surface area contributed by atoms with E-state index < -0.39 is 0 Å². The van der Waals surface area contributed by atoms with Gasteiger partial charge in [-0.3, -0.25) is 0 Å². The molecule has 5 nitrogen and oxygen atoms in total. The highest BCUT2D eigenvalue weighted by Crippen LogP contribution is 2.21. The number of hydrogen-bond acceptors (Lipinski definition) is 6. The van der Waals surface area contributed by atoms with Gasteiger partial charge in [-0.2, -0.15) is 16.7 Å². The van der Waals surface area contributed by atoms with Crippen LogP contribution in [0.4, 0.5) is 0 Å². The van der Waals surface area contributed by atoms with E-state index in [1.165, 1.54) is 0 Å². The van der Waals surface area contributed by atoms with Gasteiger partial charge in [-0.25, -0.2) is 0 Å². The first-order chi connectivity index (χ1) is 9.85. The third-order valence-corrected chi connectivity index (χ3v) is 4.29. The van der Waals surface area contributed by atoms with Gasteiger partial charge >= 0.3 is 0 Å². The Morgan fingerprint density at radius 2 is 2.25 bits per heavy atom. The number of ether oxygens (including phenoxy) is 1. The molecule has 1 fully saturated rings. The summed E-state index contributed by atoms with van der Waals surface area (Å²) in [5, 5.41) is 7.46. The van der Waals surface area contributed by atoms with E-state index in [1.54, 1.807) is 7.11 Å². The van der Waals surface area contributed by atoms with Crippen LogP contribution in [-0.4, -0.2) is 35.3 Å². The maximum atomic E-state index is 5.36. The average Bonchev–Trinajstić information content (AvgIpc) is 2.97. The molecule has 1 aromatic heterocycles. The summed E-state index contributed by atoms with van der Waals surface area (Å²) in [6.45, 7) is 0.992. The molecule has 20 heavy (non-hydrogen) atoms. The number of hydrogen-bond donors (Lipinski definition) is 1. The Kier molecular flexibility index (Phi) is 4.22. The number of nitrogens with one attached hydrogen (secondary N) is 1. The molecule has 2 heterocycles. The van der Waals surface area contributed by atoms with Gasteiger partial charge in [0.2, 0.25) is 5.89 Å². The van der Waals surface area contributed by atoms with E-state index >= 15 is 0 Å². The minimum Gasteiger partial charge on any atom is -0.497 e. The molecule has 1 N–H and O–H groups in total. The quantitative estimate of drug-likeness (QED) is 0.930. The topological polar surface area (TPSA) is 60.2 Å². The van der Waals surface area contributed by atoms with Gasteiger partial charge in [0.25, 0.3) is 0 Å². The molecular formula is C14H17N3O2S. The van der Waals surface area contributed by atoms with E-state index in [9.17, 15) is 0 Å². The van der Waals surface area contributed by atoms with Gasteiger partial charge in [0.15, 0.2) is 5.82 Å². The van der Waals surface area contributed by atoms with Crippen LogP contribution in [0.1, 0.15) is 23.3 Å². The van der Waals surface area contributed by atoms with Gasteiger partial charge in [-0.05, 0) is 17.7 Å². The Morgan fingerprint density at radius 3 is 2.95 bits per heavy atom. The smallest absolute Gasteiger partial charge is 0.244 e. The molecule has 0 saturated carbocycles. The molecule has 1 atom stereocenters. The second-order valence-electron chi connectivity index (χ2n) is 4.66. The normalized spacial score (nSPS) is 18.9. The molecule has 6 heteroatoms. The van der Waals surface area contributed by atoms with E-state index in [-0.39, 0.29) is 6.04 Å². The predicted octanol–water partition coefficient (Wildman–Crippen LogP) is 2.05. The summed E-state index contributed by atoms with van der Waals surface area (Å²) in [7, 11) is 1.66. The van der Waals surface area contributed by atoms with Crippen molar-refractivity contribution in [2.45, 2.75) is 12.5 Å². The molecule has 2 aromatic rings. The fourth-order valence-corrected chi connectivity index (χ4v) is 3.06. The summed E-state index contributed by atoms with van der Waals surface area (Å²) in [4.78, 5) is 4.49. The third kappa shape index (κ3) is 3.13. The first-order valence-electron chi connectivity index (χ1n) is 6.61. The summed E-state index contributed by atoms with van der Waals surface area (Å²) in [6, 6.07) is 8.10. The summed E-state index contributed by atoms with van der Waals surface area (Å²) in [5.41, 5.74) is 1.14.